The van der Waals surface area contributed by atoms with Gasteiger partial charge in [0.2, 0.25) is 0 Å². The molecule has 0 radical (unpaired) electrons. The van der Waals surface area contributed by atoms with E-state index in [1.807, 2.05) is 0 Å². The van der Waals surface area contributed by atoms with Crippen molar-refractivity contribution in [3.8, 4) is 0 Å². The van der Waals surface area contributed by atoms with Crippen molar-refractivity contribution in [3.05, 3.63) is 60.8 Å². The van der Waals surface area contributed by atoms with Crippen molar-refractivity contribution < 1.29 is 28.6 Å². The number of hydrogen-bond donors (Lipinski definition) is 0. The molecule has 0 rings (SSSR count). The summed E-state index contributed by atoms with van der Waals surface area (Å²) in [5.41, 5.74) is 0. The molecular weight excluding hydrogens is 889 g/mol. The van der Waals surface area contributed by atoms with Crippen LogP contribution < -0.4 is 0 Å². The van der Waals surface area contributed by atoms with Crippen LogP contribution >= 0.6 is 0 Å². The van der Waals surface area contributed by atoms with Gasteiger partial charge in [-0.3, -0.25) is 14.4 Å². The van der Waals surface area contributed by atoms with E-state index in [-0.39, 0.29) is 31.1 Å². The third kappa shape index (κ3) is 58.0. The zero-order valence-electron chi connectivity index (χ0n) is 47.9. The van der Waals surface area contributed by atoms with Gasteiger partial charge in [0, 0.05) is 19.3 Å². The van der Waals surface area contributed by atoms with Crippen molar-refractivity contribution in [1.82, 2.24) is 0 Å². The summed E-state index contributed by atoms with van der Waals surface area (Å²) in [5, 5.41) is 0. The summed E-state index contributed by atoms with van der Waals surface area (Å²) in [5.74, 6) is -0.861. The molecule has 0 fully saturated rings. The molecule has 72 heavy (non-hydrogen) atoms. The Morgan fingerprint density at radius 3 is 0.847 bits per heavy atom. The second kappa shape index (κ2) is 60.7. The van der Waals surface area contributed by atoms with Crippen molar-refractivity contribution in [2.24, 2.45) is 0 Å². The molecule has 6 nitrogen and oxygen atoms in total. The largest absolute Gasteiger partial charge is 0.462 e. The van der Waals surface area contributed by atoms with Crippen LogP contribution in [-0.4, -0.2) is 37.2 Å². The number of hydrogen-bond acceptors (Lipinski definition) is 6. The quantitative estimate of drug-likeness (QED) is 0.0261. The third-order valence-electron chi connectivity index (χ3n) is 13.8. The van der Waals surface area contributed by atoms with E-state index in [1.54, 1.807) is 0 Å². The van der Waals surface area contributed by atoms with E-state index in [9.17, 15) is 14.4 Å². The van der Waals surface area contributed by atoms with Crippen molar-refractivity contribution in [3.63, 3.8) is 0 Å². The zero-order chi connectivity index (χ0) is 52.2. The Balaban J connectivity index is 4.24. The van der Waals surface area contributed by atoms with Gasteiger partial charge in [-0.15, -0.1) is 0 Å². The first kappa shape index (κ1) is 69.1. The summed E-state index contributed by atoms with van der Waals surface area (Å²) < 4.78 is 16.9. The number of carbonyl (C=O) groups excluding carboxylic acids is 3. The average molecular weight is 1010 g/mol. The summed E-state index contributed by atoms with van der Waals surface area (Å²) in [7, 11) is 0. The van der Waals surface area contributed by atoms with Gasteiger partial charge in [-0.2, -0.15) is 0 Å². The molecule has 0 heterocycles. The van der Waals surface area contributed by atoms with Gasteiger partial charge in [0.25, 0.3) is 0 Å². The van der Waals surface area contributed by atoms with Crippen molar-refractivity contribution in [2.45, 2.75) is 329 Å². The minimum Gasteiger partial charge on any atom is -0.462 e. The van der Waals surface area contributed by atoms with Crippen LogP contribution in [0.2, 0.25) is 0 Å². The Labute approximate surface area is 447 Å². The maximum Gasteiger partial charge on any atom is 0.306 e. The normalized spacial score (nSPS) is 12.4. The predicted molar refractivity (Wildman–Crippen MR) is 312 cm³/mol. The standard InChI is InChI=1S/C66H118O6/c1-4-7-10-13-16-19-22-24-26-28-30-31-32-33-34-35-37-38-40-42-44-47-50-53-56-59-65(68)71-62-63(61-70-64(67)58-55-52-49-46-21-18-15-12-9-6-3)72-66(69)60-57-54-51-48-45-43-41-39-36-29-27-25-23-20-17-14-11-8-5-2/h7,10,16,19,24,26,30-31,33-34,63H,4-6,8-9,11-15,17-18,20-23,25,27-29,32,35-62H2,1-3H3/b10-7-,19-16-,26-24-,31-30-,34-33-. The Kier molecular flexibility index (Phi) is 58.2. The topological polar surface area (TPSA) is 78.9 Å². The minimum absolute atomic E-state index is 0.0712. The highest BCUT2D eigenvalue weighted by Gasteiger charge is 2.19. The van der Waals surface area contributed by atoms with E-state index >= 15 is 0 Å². The molecule has 0 N–H and O–H groups in total. The summed E-state index contributed by atoms with van der Waals surface area (Å²) >= 11 is 0. The lowest BCUT2D eigenvalue weighted by atomic mass is 10.0. The van der Waals surface area contributed by atoms with E-state index in [0.717, 1.165) is 96.3 Å². The van der Waals surface area contributed by atoms with Gasteiger partial charge in [-0.25, -0.2) is 0 Å². The first-order chi connectivity index (χ1) is 35.5. The smallest absolute Gasteiger partial charge is 0.306 e. The van der Waals surface area contributed by atoms with E-state index in [4.69, 9.17) is 14.2 Å². The SMILES string of the molecule is CC/C=C\C/C=C\C/C=C\C/C=C\C/C=C\CCCCCCCCCCCC(=O)OCC(COC(=O)CCCCCCCCCCCC)OC(=O)CCCCCCCCCCCCCCCCCCCCC. The highest BCUT2D eigenvalue weighted by Crippen LogP contribution is 2.17. The highest BCUT2D eigenvalue weighted by atomic mass is 16.6. The van der Waals surface area contributed by atoms with Crippen LogP contribution in [-0.2, 0) is 28.6 Å². The molecular formula is C66H118O6. The fourth-order valence-corrected chi connectivity index (χ4v) is 9.12. The van der Waals surface area contributed by atoms with E-state index in [0.29, 0.717) is 19.3 Å². The fourth-order valence-electron chi connectivity index (χ4n) is 9.12. The van der Waals surface area contributed by atoms with Crippen molar-refractivity contribution in [2.75, 3.05) is 13.2 Å². The number of unbranched alkanes of at least 4 members (excludes halogenated alkanes) is 36. The first-order valence-corrected chi connectivity index (χ1v) is 31.3. The number of esters is 3. The molecule has 0 aromatic carbocycles. The summed E-state index contributed by atoms with van der Waals surface area (Å²) in [4.78, 5) is 38.2. The molecule has 0 saturated heterocycles. The van der Waals surface area contributed by atoms with E-state index < -0.39 is 6.10 Å². The maximum atomic E-state index is 12.9. The van der Waals surface area contributed by atoms with Gasteiger partial charge >= 0.3 is 17.9 Å². The number of ether oxygens (including phenoxy) is 3. The molecule has 1 atom stereocenters. The molecule has 6 heteroatoms. The molecule has 0 amide bonds. The van der Waals surface area contributed by atoms with Crippen LogP contribution in [0.15, 0.2) is 60.8 Å². The van der Waals surface area contributed by atoms with Crippen LogP contribution in [0.1, 0.15) is 323 Å². The average Bonchev–Trinajstić information content (AvgIpc) is 3.38. The number of rotatable bonds is 57. The molecule has 0 saturated carbocycles. The van der Waals surface area contributed by atoms with Crippen LogP contribution in [0, 0.1) is 0 Å². The van der Waals surface area contributed by atoms with Gasteiger partial charge in [-0.1, -0.05) is 300 Å². The number of allylic oxidation sites excluding steroid dienone is 10. The van der Waals surface area contributed by atoms with Crippen LogP contribution in [0.3, 0.4) is 0 Å². The number of carbonyl (C=O) groups is 3. The highest BCUT2D eigenvalue weighted by molar-refractivity contribution is 5.71. The minimum atomic E-state index is -0.773. The monoisotopic (exact) mass is 1010 g/mol. The van der Waals surface area contributed by atoms with Gasteiger partial charge in [0.15, 0.2) is 6.10 Å². The van der Waals surface area contributed by atoms with Gasteiger partial charge in [-0.05, 0) is 64.2 Å². The molecule has 0 aliphatic carbocycles. The molecule has 0 aromatic rings. The first-order valence-electron chi connectivity index (χ1n) is 31.3. The molecule has 1 unspecified atom stereocenters. The Bertz CT molecular complexity index is 1290. The third-order valence-corrected chi connectivity index (χ3v) is 13.8. The molecule has 0 aliphatic heterocycles. The predicted octanol–water partition coefficient (Wildman–Crippen LogP) is 21.2. The Hall–Kier alpha value is -2.89. The lowest BCUT2D eigenvalue weighted by molar-refractivity contribution is -0.167. The van der Waals surface area contributed by atoms with Gasteiger partial charge < -0.3 is 14.2 Å². The Morgan fingerprint density at radius 2 is 0.542 bits per heavy atom. The van der Waals surface area contributed by atoms with Gasteiger partial charge in [0.1, 0.15) is 13.2 Å². The summed E-state index contributed by atoms with van der Waals surface area (Å²) in [6, 6.07) is 0. The Morgan fingerprint density at radius 1 is 0.292 bits per heavy atom. The van der Waals surface area contributed by atoms with E-state index in [2.05, 4.69) is 81.5 Å². The molecule has 0 aliphatic rings. The van der Waals surface area contributed by atoms with Crippen LogP contribution in [0.25, 0.3) is 0 Å². The zero-order valence-corrected chi connectivity index (χ0v) is 47.9. The lowest BCUT2D eigenvalue weighted by Crippen LogP contribution is -2.30. The molecule has 0 bridgehead atoms. The summed E-state index contributed by atoms with van der Waals surface area (Å²) in [6.45, 7) is 6.55. The van der Waals surface area contributed by atoms with E-state index in [1.165, 1.54) is 186 Å². The second-order valence-corrected chi connectivity index (χ2v) is 21.0. The molecule has 0 aromatic heterocycles. The maximum absolute atomic E-state index is 12.9. The summed E-state index contributed by atoms with van der Waals surface area (Å²) in [6.07, 6.45) is 76.6. The second-order valence-electron chi connectivity index (χ2n) is 21.0. The molecule has 418 valence electrons. The van der Waals surface area contributed by atoms with Crippen LogP contribution in [0.5, 0.6) is 0 Å². The van der Waals surface area contributed by atoms with Crippen molar-refractivity contribution in [1.29, 1.82) is 0 Å². The van der Waals surface area contributed by atoms with Gasteiger partial charge in [0.05, 0.1) is 0 Å². The lowest BCUT2D eigenvalue weighted by Gasteiger charge is -2.18. The van der Waals surface area contributed by atoms with Crippen LogP contribution in [0.4, 0.5) is 0 Å². The fraction of sp³-hybridized carbons (Fsp3) is 0.803. The van der Waals surface area contributed by atoms with Crippen molar-refractivity contribution >= 4 is 17.9 Å². The molecule has 0 spiro atoms.